The van der Waals surface area contributed by atoms with E-state index in [-0.39, 0.29) is 35.3 Å². The van der Waals surface area contributed by atoms with Gasteiger partial charge in [-0.2, -0.15) is 0 Å². The molecule has 26 heavy (non-hydrogen) atoms. The molecule has 140 valence electrons. The zero-order valence-electron chi connectivity index (χ0n) is 15.1. The van der Waals surface area contributed by atoms with Gasteiger partial charge in [0.05, 0.1) is 24.7 Å². The zero-order chi connectivity index (χ0) is 18.6. The topological polar surface area (TPSA) is 80.1 Å². The van der Waals surface area contributed by atoms with Crippen LogP contribution in [0.1, 0.15) is 16.1 Å². The van der Waals surface area contributed by atoms with Crippen molar-refractivity contribution in [2.75, 3.05) is 38.8 Å². The zero-order valence-corrected chi connectivity index (χ0v) is 15.9. The van der Waals surface area contributed by atoms with Crippen molar-refractivity contribution in [3.05, 3.63) is 29.5 Å². The number of ether oxygens (including phenoxy) is 1. The number of benzene rings is 1. The number of carbonyl (C=O) groups is 1. The number of hydrogen-bond acceptors (Lipinski definition) is 6. The molecular formula is C18H22N2O5S. The molecule has 0 bridgehead atoms. The van der Waals surface area contributed by atoms with E-state index in [1.165, 1.54) is 0 Å². The molecule has 1 amide bonds. The lowest BCUT2D eigenvalue weighted by atomic mass is 10.0. The Labute approximate surface area is 152 Å². The van der Waals surface area contributed by atoms with Gasteiger partial charge in [-0.15, -0.1) is 0 Å². The molecule has 1 aromatic heterocycles. The summed E-state index contributed by atoms with van der Waals surface area (Å²) in [5.74, 6) is 0.820. The molecule has 2 aromatic rings. The number of rotatable bonds is 2. The fourth-order valence-electron chi connectivity index (χ4n) is 4.05. The predicted octanol–water partition coefficient (Wildman–Crippen LogP) is 1.30. The summed E-state index contributed by atoms with van der Waals surface area (Å²) >= 11 is 0. The van der Waals surface area contributed by atoms with Crippen LogP contribution in [0, 0.1) is 6.92 Å². The van der Waals surface area contributed by atoms with Crippen molar-refractivity contribution in [3.8, 4) is 5.75 Å². The molecule has 0 spiro atoms. The Morgan fingerprint density at radius 3 is 2.69 bits per heavy atom. The lowest BCUT2D eigenvalue weighted by Crippen LogP contribution is -2.59. The molecule has 0 unspecified atom stereocenters. The van der Waals surface area contributed by atoms with Gasteiger partial charge in [-0.05, 0) is 26.1 Å². The standard InChI is InChI=1S/C18H22N2O5S/c1-11-13-5-4-12(24-3)8-16(13)25-17(11)18(21)20-7-6-19(2)14-9-26(22,23)10-15(14)20/h4-5,8,14-15H,6-7,9-10H2,1-3H3/t14-,15+/m0/s1. The molecule has 0 aliphatic carbocycles. The Morgan fingerprint density at radius 2 is 1.96 bits per heavy atom. The molecule has 2 aliphatic rings. The summed E-state index contributed by atoms with van der Waals surface area (Å²) in [5, 5.41) is 0.860. The third kappa shape index (κ3) is 2.68. The van der Waals surface area contributed by atoms with Crippen LogP contribution in [0.5, 0.6) is 5.75 Å². The highest BCUT2D eigenvalue weighted by Gasteiger charge is 2.47. The van der Waals surface area contributed by atoms with E-state index in [4.69, 9.17) is 9.15 Å². The minimum atomic E-state index is -3.14. The molecule has 2 aliphatic heterocycles. The van der Waals surface area contributed by atoms with Gasteiger partial charge in [-0.25, -0.2) is 8.42 Å². The average Bonchev–Trinajstić information content (AvgIpc) is 3.11. The second kappa shape index (κ2) is 5.99. The Kier molecular flexibility index (Phi) is 4.00. The number of fused-ring (bicyclic) bond motifs is 2. The molecule has 0 saturated carbocycles. The summed E-state index contributed by atoms with van der Waals surface area (Å²) in [7, 11) is 0.356. The van der Waals surface area contributed by atoms with Crippen molar-refractivity contribution >= 4 is 26.7 Å². The van der Waals surface area contributed by atoms with Crippen LogP contribution in [-0.4, -0.2) is 75.0 Å². The smallest absolute Gasteiger partial charge is 0.290 e. The van der Waals surface area contributed by atoms with Crippen LogP contribution in [0.15, 0.2) is 22.6 Å². The van der Waals surface area contributed by atoms with E-state index in [9.17, 15) is 13.2 Å². The number of piperazine rings is 1. The summed E-state index contributed by atoms with van der Waals surface area (Å²) in [6.07, 6.45) is 0. The highest BCUT2D eigenvalue weighted by molar-refractivity contribution is 7.91. The van der Waals surface area contributed by atoms with Gasteiger partial charge in [0, 0.05) is 36.1 Å². The lowest BCUT2D eigenvalue weighted by Gasteiger charge is -2.41. The second-order valence-corrected chi connectivity index (χ2v) is 9.26. The number of carbonyl (C=O) groups excluding carboxylic acids is 1. The largest absolute Gasteiger partial charge is 0.497 e. The predicted molar refractivity (Wildman–Crippen MR) is 97.4 cm³/mol. The van der Waals surface area contributed by atoms with E-state index in [1.807, 2.05) is 31.0 Å². The number of likely N-dealkylation sites (N-methyl/N-ethyl adjacent to an activating group) is 1. The third-order valence-corrected chi connectivity index (χ3v) is 7.25. The molecule has 2 fully saturated rings. The fourth-order valence-corrected chi connectivity index (χ4v) is 6.10. The summed E-state index contributed by atoms with van der Waals surface area (Å²) in [4.78, 5) is 16.9. The molecular weight excluding hydrogens is 356 g/mol. The minimum Gasteiger partial charge on any atom is -0.497 e. The van der Waals surface area contributed by atoms with Crippen LogP contribution in [0.2, 0.25) is 0 Å². The van der Waals surface area contributed by atoms with Crippen molar-refractivity contribution in [2.24, 2.45) is 0 Å². The van der Waals surface area contributed by atoms with Crippen molar-refractivity contribution in [3.63, 3.8) is 0 Å². The van der Waals surface area contributed by atoms with E-state index in [0.29, 0.717) is 24.4 Å². The maximum absolute atomic E-state index is 13.2. The van der Waals surface area contributed by atoms with Gasteiger partial charge < -0.3 is 14.1 Å². The molecule has 8 heteroatoms. The molecule has 1 aromatic carbocycles. The van der Waals surface area contributed by atoms with Gasteiger partial charge in [0.25, 0.3) is 5.91 Å². The summed E-state index contributed by atoms with van der Waals surface area (Å²) in [6.45, 7) is 2.99. The Morgan fingerprint density at radius 1 is 1.23 bits per heavy atom. The van der Waals surface area contributed by atoms with Gasteiger partial charge in [-0.3, -0.25) is 9.69 Å². The minimum absolute atomic E-state index is 0.0147. The molecule has 4 rings (SSSR count). The van der Waals surface area contributed by atoms with E-state index in [2.05, 4.69) is 0 Å². The number of aryl methyl sites for hydroxylation is 1. The van der Waals surface area contributed by atoms with Gasteiger partial charge in [0.1, 0.15) is 11.3 Å². The summed E-state index contributed by atoms with van der Waals surface area (Å²) in [6, 6.07) is 4.98. The van der Waals surface area contributed by atoms with Gasteiger partial charge >= 0.3 is 0 Å². The number of amides is 1. The summed E-state index contributed by atoms with van der Waals surface area (Å²) in [5.41, 5.74) is 1.36. The number of sulfone groups is 1. The quantitative estimate of drug-likeness (QED) is 0.784. The van der Waals surface area contributed by atoms with Crippen molar-refractivity contribution < 1.29 is 22.4 Å². The molecule has 7 nitrogen and oxygen atoms in total. The SMILES string of the molecule is COc1ccc2c(C)c(C(=O)N3CCN(C)[C@H]4CS(=O)(=O)C[C@H]43)oc2c1. The maximum Gasteiger partial charge on any atom is 0.290 e. The van der Waals surface area contributed by atoms with Crippen LogP contribution in [0.4, 0.5) is 0 Å². The first-order valence-corrected chi connectivity index (χ1v) is 10.4. The molecule has 0 N–H and O–H groups in total. The highest BCUT2D eigenvalue weighted by atomic mass is 32.2. The van der Waals surface area contributed by atoms with Crippen molar-refractivity contribution in [1.29, 1.82) is 0 Å². The van der Waals surface area contributed by atoms with Crippen LogP contribution in [-0.2, 0) is 9.84 Å². The van der Waals surface area contributed by atoms with E-state index >= 15 is 0 Å². The monoisotopic (exact) mass is 378 g/mol. The molecule has 0 radical (unpaired) electrons. The second-order valence-electron chi connectivity index (χ2n) is 7.11. The van der Waals surface area contributed by atoms with Crippen molar-refractivity contribution in [2.45, 2.75) is 19.0 Å². The lowest BCUT2D eigenvalue weighted by molar-refractivity contribution is 0.0383. The Balaban J connectivity index is 1.71. The van der Waals surface area contributed by atoms with E-state index < -0.39 is 9.84 Å². The van der Waals surface area contributed by atoms with Crippen LogP contribution >= 0.6 is 0 Å². The number of hydrogen-bond donors (Lipinski definition) is 0. The van der Waals surface area contributed by atoms with Crippen LogP contribution in [0.3, 0.4) is 0 Å². The van der Waals surface area contributed by atoms with E-state index in [0.717, 1.165) is 10.9 Å². The Hall–Kier alpha value is -2.06. The molecule has 2 saturated heterocycles. The number of nitrogens with zero attached hydrogens (tertiary/aromatic N) is 2. The van der Waals surface area contributed by atoms with Crippen molar-refractivity contribution in [1.82, 2.24) is 9.80 Å². The first-order chi connectivity index (χ1) is 12.3. The van der Waals surface area contributed by atoms with E-state index in [1.54, 1.807) is 18.1 Å². The average molecular weight is 378 g/mol. The Bertz CT molecular complexity index is 981. The van der Waals surface area contributed by atoms with Gasteiger partial charge in [0.2, 0.25) is 0 Å². The highest BCUT2D eigenvalue weighted by Crippen LogP contribution is 2.32. The summed E-state index contributed by atoms with van der Waals surface area (Å²) < 4.78 is 35.3. The first kappa shape index (κ1) is 17.4. The van der Waals surface area contributed by atoms with Gasteiger partial charge in [0.15, 0.2) is 15.6 Å². The number of methoxy groups -OCH3 is 1. The molecule has 2 atom stereocenters. The van der Waals surface area contributed by atoms with Gasteiger partial charge in [-0.1, -0.05) is 0 Å². The third-order valence-electron chi connectivity index (χ3n) is 5.55. The van der Waals surface area contributed by atoms with Crippen LogP contribution in [0.25, 0.3) is 11.0 Å². The maximum atomic E-state index is 13.2. The van der Waals surface area contributed by atoms with Crippen LogP contribution < -0.4 is 4.74 Å². The number of furan rings is 1. The molecule has 3 heterocycles. The normalized spacial score (nSPS) is 25.4. The fraction of sp³-hybridized carbons (Fsp3) is 0.500. The first-order valence-electron chi connectivity index (χ1n) is 8.59.